The number of hydrogen-bond donors (Lipinski definition) is 0. The molecule has 0 saturated heterocycles. The highest BCUT2D eigenvalue weighted by Crippen LogP contribution is 2.20. The van der Waals surface area contributed by atoms with Gasteiger partial charge in [0.2, 0.25) is 0 Å². The molecule has 3 nitrogen and oxygen atoms in total. The van der Waals surface area contributed by atoms with Gasteiger partial charge in [-0.05, 0) is 35.0 Å². The number of ether oxygens (including phenoxy) is 1. The summed E-state index contributed by atoms with van der Waals surface area (Å²) in [7, 11) is 0. The fourth-order valence-electron chi connectivity index (χ4n) is 1.19. The van der Waals surface area contributed by atoms with Crippen molar-refractivity contribution >= 4 is 21.4 Å². The lowest BCUT2D eigenvalue weighted by Gasteiger charge is -2.02. The maximum atomic E-state index is 5.35. The molecular formula is C9H9BrN2O. The van der Waals surface area contributed by atoms with Crippen LogP contribution in [-0.4, -0.2) is 16.2 Å². The minimum Gasteiger partial charge on any atom is -0.492 e. The molecule has 2 aromatic rings. The standard InChI is InChI=1S/C9H9BrN2O/c1-2-13-7-3-4-9-8(10)5-11-12(9)6-7/h3-6H,2H2,1H3. The van der Waals surface area contributed by atoms with E-state index in [-0.39, 0.29) is 0 Å². The van der Waals surface area contributed by atoms with Crippen molar-refractivity contribution in [3.05, 3.63) is 29.0 Å². The summed E-state index contributed by atoms with van der Waals surface area (Å²) < 4.78 is 8.13. The van der Waals surface area contributed by atoms with Crippen molar-refractivity contribution in [1.29, 1.82) is 0 Å². The average Bonchev–Trinajstić information content (AvgIpc) is 2.48. The van der Waals surface area contributed by atoms with E-state index in [1.165, 1.54) is 0 Å². The van der Waals surface area contributed by atoms with E-state index in [0.717, 1.165) is 15.7 Å². The molecule has 0 atom stereocenters. The molecule has 0 N–H and O–H groups in total. The van der Waals surface area contributed by atoms with Gasteiger partial charge in [-0.1, -0.05) is 0 Å². The highest BCUT2D eigenvalue weighted by Gasteiger charge is 2.01. The van der Waals surface area contributed by atoms with E-state index in [0.29, 0.717) is 6.61 Å². The maximum Gasteiger partial charge on any atom is 0.137 e. The Labute approximate surface area is 84.4 Å². The molecule has 0 saturated carbocycles. The Balaban J connectivity index is 2.50. The van der Waals surface area contributed by atoms with Crippen molar-refractivity contribution in [3.63, 3.8) is 0 Å². The van der Waals surface area contributed by atoms with Gasteiger partial charge in [0.05, 0.1) is 29.0 Å². The van der Waals surface area contributed by atoms with Crippen LogP contribution in [0.3, 0.4) is 0 Å². The first kappa shape index (κ1) is 8.56. The third-order valence-electron chi connectivity index (χ3n) is 1.75. The molecule has 0 fully saturated rings. The molecule has 4 heteroatoms. The van der Waals surface area contributed by atoms with Crippen LogP contribution in [0.2, 0.25) is 0 Å². The molecule has 0 bridgehead atoms. The SMILES string of the molecule is CCOc1ccc2c(Br)cnn2c1. The van der Waals surface area contributed by atoms with Gasteiger partial charge in [0.1, 0.15) is 5.75 Å². The number of halogens is 1. The molecule has 0 aliphatic carbocycles. The van der Waals surface area contributed by atoms with Crippen LogP contribution in [-0.2, 0) is 0 Å². The Morgan fingerprint density at radius 2 is 2.38 bits per heavy atom. The van der Waals surface area contributed by atoms with Crippen LogP contribution >= 0.6 is 15.9 Å². The van der Waals surface area contributed by atoms with Gasteiger partial charge in [-0.25, -0.2) is 4.52 Å². The minimum absolute atomic E-state index is 0.675. The molecular weight excluding hydrogens is 232 g/mol. The zero-order valence-electron chi connectivity index (χ0n) is 7.20. The van der Waals surface area contributed by atoms with E-state index in [1.54, 1.807) is 10.7 Å². The summed E-state index contributed by atoms with van der Waals surface area (Å²) in [5.41, 5.74) is 1.04. The van der Waals surface area contributed by atoms with E-state index in [2.05, 4.69) is 21.0 Å². The van der Waals surface area contributed by atoms with E-state index in [4.69, 9.17) is 4.74 Å². The summed E-state index contributed by atoms with van der Waals surface area (Å²) in [6.07, 6.45) is 3.63. The lowest BCUT2D eigenvalue weighted by Crippen LogP contribution is -1.94. The Bertz CT molecular complexity index is 424. The molecule has 0 radical (unpaired) electrons. The lowest BCUT2D eigenvalue weighted by atomic mass is 10.4. The molecule has 0 aliphatic heterocycles. The first-order chi connectivity index (χ1) is 6.31. The number of aromatic nitrogens is 2. The second-order valence-electron chi connectivity index (χ2n) is 2.62. The van der Waals surface area contributed by atoms with E-state index < -0.39 is 0 Å². The quantitative estimate of drug-likeness (QED) is 0.807. The van der Waals surface area contributed by atoms with Gasteiger partial charge in [-0.3, -0.25) is 0 Å². The summed E-state index contributed by atoms with van der Waals surface area (Å²) in [6, 6.07) is 3.91. The predicted molar refractivity (Wildman–Crippen MR) is 54.1 cm³/mol. The number of nitrogens with zero attached hydrogens (tertiary/aromatic N) is 2. The van der Waals surface area contributed by atoms with Gasteiger partial charge in [0, 0.05) is 0 Å². The van der Waals surface area contributed by atoms with Crippen molar-refractivity contribution in [3.8, 4) is 5.75 Å². The second-order valence-corrected chi connectivity index (χ2v) is 3.47. The topological polar surface area (TPSA) is 26.5 Å². The molecule has 0 aliphatic rings. The second kappa shape index (κ2) is 3.38. The third kappa shape index (κ3) is 1.54. The summed E-state index contributed by atoms with van der Waals surface area (Å²) in [6.45, 7) is 2.64. The Hall–Kier alpha value is -1.03. The number of pyridine rings is 1. The van der Waals surface area contributed by atoms with Crippen LogP contribution in [0, 0.1) is 0 Å². The molecule has 13 heavy (non-hydrogen) atoms. The van der Waals surface area contributed by atoms with Crippen molar-refractivity contribution in [2.75, 3.05) is 6.61 Å². The van der Waals surface area contributed by atoms with Crippen LogP contribution in [0.4, 0.5) is 0 Å². The lowest BCUT2D eigenvalue weighted by molar-refractivity contribution is 0.338. The van der Waals surface area contributed by atoms with Gasteiger partial charge in [-0.2, -0.15) is 5.10 Å². The number of rotatable bonds is 2. The van der Waals surface area contributed by atoms with Gasteiger partial charge < -0.3 is 4.74 Å². The molecule has 2 heterocycles. The first-order valence-electron chi connectivity index (χ1n) is 4.07. The smallest absolute Gasteiger partial charge is 0.137 e. The monoisotopic (exact) mass is 240 g/mol. The number of fused-ring (bicyclic) bond motifs is 1. The zero-order valence-corrected chi connectivity index (χ0v) is 8.78. The van der Waals surface area contributed by atoms with Crippen LogP contribution in [0.1, 0.15) is 6.92 Å². The molecule has 2 rings (SSSR count). The molecule has 68 valence electrons. The van der Waals surface area contributed by atoms with Crippen molar-refractivity contribution in [2.45, 2.75) is 6.92 Å². The first-order valence-corrected chi connectivity index (χ1v) is 4.86. The molecule has 2 aromatic heterocycles. The Morgan fingerprint density at radius 1 is 1.54 bits per heavy atom. The third-order valence-corrected chi connectivity index (χ3v) is 2.36. The fraction of sp³-hybridized carbons (Fsp3) is 0.222. The van der Waals surface area contributed by atoms with Crippen LogP contribution in [0.25, 0.3) is 5.52 Å². The van der Waals surface area contributed by atoms with E-state index in [9.17, 15) is 0 Å². The van der Waals surface area contributed by atoms with Gasteiger partial charge >= 0.3 is 0 Å². The predicted octanol–water partition coefficient (Wildman–Crippen LogP) is 2.50. The molecule has 0 amide bonds. The van der Waals surface area contributed by atoms with E-state index >= 15 is 0 Å². The van der Waals surface area contributed by atoms with E-state index in [1.807, 2.05) is 25.3 Å². The molecule has 0 spiro atoms. The van der Waals surface area contributed by atoms with Crippen LogP contribution in [0.15, 0.2) is 29.0 Å². The highest BCUT2D eigenvalue weighted by molar-refractivity contribution is 9.10. The summed E-state index contributed by atoms with van der Waals surface area (Å²) in [5, 5.41) is 4.15. The molecule has 0 aromatic carbocycles. The minimum atomic E-state index is 0.675. The molecule has 0 unspecified atom stereocenters. The summed E-state index contributed by atoms with van der Waals surface area (Å²) in [4.78, 5) is 0. The zero-order chi connectivity index (χ0) is 9.26. The fourth-order valence-corrected chi connectivity index (χ4v) is 1.59. The van der Waals surface area contributed by atoms with Gasteiger partial charge in [-0.15, -0.1) is 0 Å². The average molecular weight is 241 g/mol. The van der Waals surface area contributed by atoms with Gasteiger partial charge in [0.25, 0.3) is 0 Å². The normalized spacial score (nSPS) is 10.6. The summed E-state index contributed by atoms with van der Waals surface area (Å²) in [5.74, 6) is 0.839. The van der Waals surface area contributed by atoms with Crippen LogP contribution in [0.5, 0.6) is 5.75 Å². The highest BCUT2D eigenvalue weighted by atomic mass is 79.9. The van der Waals surface area contributed by atoms with Crippen LogP contribution < -0.4 is 4.74 Å². The largest absolute Gasteiger partial charge is 0.492 e. The van der Waals surface area contributed by atoms with Gasteiger partial charge in [0.15, 0.2) is 0 Å². The number of hydrogen-bond acceptors (Lipinski definition) is 2. The van der Waals surface area contributed by atoms with Crippen molar-refractivity contribution in [2.24, 2.45) is 0 Å². The Morgan fingerprint density at radius 3 is 3.15 bits per heavy atom. The maximum absolute atomic E-state index is 5.35. The van der Waals surface area contributed by atoms with Crippen molar-refractivity contribution in [1.82, 2.24) is 9.61 Å². The van der Waals surface area contributed by atoms with Crippen molar-refractivity contribution < 1.29 is 4.74 Å². The summed E-state index contributed by atoms with van der Waals surface area (Å²) >= 11 is 3.41. The Kier molecular flexibility index (Phi) is 2.22.